The maximum Gasteiger partial charge on any atom is 0.397 e. The van der Waals surface area contributed by atoms with Gasteiger partial charge in [-0.3, -0.25) is 4.79 Å². The van der Waals surface area contributed by atoms with E-state index < -0.39 is 18.5 Å². The van der Waals surface area contributed by atoms with Crippen LogP contribution in [0.4, 0.5) is 24.9 Å². The number of ether oxygens (including phenoxy) is 1. The largest absolute Gasteiger partial charge is 0.397 e. The van der Waals surface area contributed by atoms with E-state index in [0.717, 1.165) is 5.69 Å². The zero-order chi connectivity index (χ0) is 18.9. The first-order valence-corrected chi connectivity index (χ1v) is 8.49. The fourth-order valence-corrected chi connectivity index (χ4v) is 3.15. The molecule has 2 aliphatic rings. The van der Waals surface area contributed by atoms with Gasteiger partial charge in [0.25, 0.3) is 0 Å². The fraction of sp³-hybridized carbons (Fsp3) is 0.688. The number of fused-ring (bicyclic) bond motifs is 1. The first kappa shape index (κ1) is 18.7. The van der Waals surface area contributed by atoms with E-state index in [1.54, 1.807) is 0 Å². The lowest BCUT2D eigenvalue weighted by Gasteiger charge is -2.33. The second-order valence-electron chi connectivity index (χ2n) is 6.62. The molecular weight excluding hydrogens is 351 g/mol. The number of halogens is 3. The van der Waals surface area contributed by atoms with Gasteiger partial charge >= 0.3 is 6.18 Å². The Morgan fingerprint density at radius 1 is 1.19 bits per heavy atom. The number of rotatable bonds is 3. The van der Waals surface area contributed by atoms with Crippen LogP contribution >= 0.6 is 0 Å². The number of carbonyl (C=O) groups excluding carboxylic acids is 1. The topological polar surface area (TPSA) is 61.8 Å². The molecule has 0 N–H and O–H groups in total. The molecule has 0 bridgehead atoms. The molecule has 0 saturated carbocycles. The Labute approximate surface area is 149 Å². The fourth-order valence-electron chi connectivity index (χ4n) is 3.15. The molecule has 1 aromatic heterocycles. The van der Waals surface area contributed by atoms with Crippen LogP contribution in [0.1, 0.15) is 17.7 Å². The molecule has 7 nitrogen and oxygen atoms in total. The van der Waals surface area contributed by atoms with Gasteiger partial charge in [0.15, 0.2) is 0 Å². The van der Waals surface area contributed by atoms with Gasteiger partial charge in [0.2, 0.25) is 11.9 Å². The van der Waals surface area contributed by atoms with E-state index in [0.29, 0.717) is 50.1 Å². The van der Waals surface area contributed by atoms with Crippen molar-refractivity contribution in [3.8, 4) is 0 Å². The third-order valence-corrected chi connectivity index (χ3v) is 4.45. The molecule has 0 aromatic carbocycles. The number of carbonyl (C=O) groups is 1. The van der Waals surface area contributed by atoms with E-state index >= 15 is 0 Å². The molecule has 10 heteroatoms. The van der Waals surface area contributed by atoms with Crippen molar-refractivity contribution in [1.29, 1.82) is 0 Å². The number of hydrogen-bond donors (Lipinski definition) is 0. The van der Waals surface area contributed by atoms with Crippen molar-refractivity contribution in [1.82, 2.24) is 14.9 Å². The van der Waals surface area contributed by atoms with Crippen LogP contribution < -0.4 is 9.80 Å². The number of aromatic nitrogens is 2. The minimum Gasteiger partial charge on any atom is -0.378 e. The average molecular weight is 373 g/mol. The molecule has 1 saturated heterocycles. The summed E-state index contributed by atoms with van der Waals surface area (Å²) in [5, 5.41) is 0. The van der Waals surface area contributed by atoms with Crippen molar-refractivity contribution < 1.29 is 22.7 Å². The van der Waals surface area contributed by atoms with Crippen LogP contribution in [-0.2, 0) is 22.5 Å². The Bertz CT molecular complexity index is 675. The van der Waals surface area contributed by atoms with Gasteiger partial charge in [-0.1, -0.05) is 0 Å². The third kappa shape index (κ3) is 4.17. The van der Waals surface area contributed by atoms with Crippen LogP contribution in [0.25, 0.3) is 0 Å². The summed E-state index contributed by atoms with van der Waals surface area (Å²) in [6.07, 6.45) is -5.52. The zero-order valence-electron chi connectivity index (χ0n) is 14.8. The molecule has 2 aliphatic heterocycles. The van der Waals surface area contributed by atoms with Crippen LogP contribution in [0.3, 0.4) is 0 Å². The first-order chi connectivity index (χ1) is 12.2. The summed E-state index contributed by atoms with van der Waals surface area (Å²) in [7, 11) is 3.64. The molecule has 3 heterocycles. The molecule has 1 fully saturated rings. The molecule has 26 heavy (non-hydrogen) atoms. The van der Waals surface area contributed by atoms with Crippen molar-refractivity contribution in [2.24, 2.45) is 0 Å². The van der Waals surface area contributed by atoms with E-state index in [9.17, 15) is 18.0 Å². The predicted molar refractivity (Wildman–Crippen MR) is 89.2 cm³/mol. The Morgan fingerprint density at radius 2 is 1.88 bits per heavy atom. The van der Waals surface area contributed by atoms with Crippen LogP contribution in [0.15, 0.2) is 0 Å². The highest BCUT2D eigenvalue weighted by molar-refractivity contribution is 5.77. The van der Waals surface area contributed by atoms with Gasteiger partial charge in [-0.2, -0.15) is 18.2 Å². The van der Waals surface area contributed by atoms with Crippen molar-refractivity contribution in [3.05, 3.63) is 11.3 Å². The number of hydrogen-bond acceptors (Lipinski definition) is 6. The number of alkyl halides is 3. The van der Waals surface area contributed by atoms with Gasteiger partial charge in [-0.25, -0.2) is 4.98 Å². The zero-order valence-corrected chi connectivity index (χ0v) is 14.8. The molecular formula is C16H22F3N5O2. The highest BCUT2D eigenvalue weighted by Crippen LogP contribution is 2.30. The summed E-state index contributed by atoms with van der Waals surface area (Å²) >= 11 is 0. The summed E-state index contributed by atoms with van der Waals surface area (Å²) < 4.78 is 42.9. The highest BCUT2D eigenvalue weighted by Gasteiger charge is 2.35. The summed E-state index contributed by atoms with van der Waals surface area (Å²) in [6.45, 7) is 2.94. The maximum atomic E-state index is 12.5. The van der Waals surface area contributed by atoms with Crippen molar-refractivity contribution in [2.45, 2.75) is 25.6 Å². The van der Waals surface area contributed by atoms with Crippen LogP contribution in [-0.4, -0.2) is 73.9 Å². The van der Waals surface area contributed by atoms with Gasteiger partial charge < -0.3 is 19.4 Å². The lowest BCUT2D eigenvalue weighted by atomic mass is 10.1. The number of anilines is 2. The SMILES string of the molecule is CN(C)c1nc(N2CCOCC2)nc2c1CN(C(=O)CC(F)(F)F)CC2. The van der Waals surface area contributed by atoms with E-state index in [4.69, 9.17) is 4.74 Å². The molecule has 0 aliphatic carbocycles. The highest BCUT2D eigenvalue weighted by atomic mass is 19.4. The summed E-state index contributed by atoms with van der Waals surface area (Å²) in [4.78, 5) is 26.3. The lowest BCUT2D eigenvalue weighted by Crippen LogP contribution is -2.41. The Kier molecular flexibility index (Phi) is 5.22. The molecule has 0 radical (unpaired) electrons. The molecule has 3 rings (SSSR count). The van der Waals surface area contributed by atoms with Crippen LogP contribution in [0.5, 0.6) is 0 Å². The second kappa shape index (κ2) is 7.26. The molecule has 1 amide bonds. The lowest BCUT2D eigenvalue weighted by molar-refractivity contribution is -0.162. The molecule has 1 aromatic rings. The minimum atomic E-state index is -4.50. The third-order valence-electron chi connectivity index (χ3n) is 4.45. The van der Waals surface area contributed by atoms with Gasteiger partial charge in [0, 0.05) is 45.7 Å². The average Bonchev–Trinajstić information content (AvgIpc) is 2.59. The van der Waals surface area contributed by atoms with E-state index in [1.165, 1.54) is 4.90 Å². The Morgan fingerprint density at radius 3 is 2.50 bits per heavy atom. The van der Waals surface area contributed by atoms with Gasteiger partial charge in [0.1, 0.15) is 12.2 Å². The minimum absolute atomic E-state index is 0.0984. The molecule has 0 atom stereocenters. The number of nitrogens with zero attached hydrogens (tertiary/aromatic N) is 5. The monoisotopic (exact) mass is 373 g/mol. The molecule has 144 valence electrons. The van der Waals surface area contributed by atoms with Crippen molar-refractivity contribution >= 4 is 17.7 Å². The maximum absolute atomic E-state index is 12.5. The summed E-state index contributed by atoms with van der Waals surface area (Å²) in [6, 6.07) is 0. The summed E-state index contributed by atoms with van der Waals surface area (Å²) in [5.41, 5.74) is 1.51. The van der Waals surface area contributed by atoms with E-state index in [-0.39, 0.29) is 13.1 Å². The van der Waals surface area contributed by atoms with Gasteiger partial charge in [-0.15, -0.1) is 0 Å². The number of morpholine rings is 1. The standard InChI is InChI=1S/C16H22F3N5O2/c1-22(2)14-11-10-24(13(25)9-16(17,18)19)4-3-12(11)20-15(21-14)23-5-7-26-8-6-23/h3-10H2,1-2H3. The normalized spacial score (nSPS) is 17.9. The predicted octanol–water partition coefficient (Wildman–Crippen LogP) is 1.22. The Hall–Kier alpha value is -2.10. The van der Waals surface area contributed by atoms with Gasteiger partial charge in [0.05, 0.1) is 25.5 Å². The molecule has 0 spiro atoms. The number of amides is 1. The van der Waals surface area contributed by atoms with E-state index in [1.807, 2.05) is 23.9 Å². The van der Waals surface area contributed by atoms with Crippen molar-refractivity contribution in [3.63, 3.8) is 0 Å². The summed E-state index contributed by atoms with van der Waals surface area (Å²) in [5.74, 6) is 0.330. The quantitative estimate of drug-likeness (QED) is 0.794. The van der Waals surface area contributed by atoms with Crippen LogP contribution in [0, 0.1) is 0 Å². The molecule has 0 unspecified atom stereocenters. The van der Waals surface area contributed by atoms with Crippen molar-refractivity contribution in [2.75, 3.05) is 56.7 Å². The smallest absolute Gasteiger partial charge is 0.378 e. The van der Waals surface area contributed by atoms with Crippen LogP contribution in [0.2, 0.25) is 0 Å². The Balaban J connectivity index is 1.86. The first-order valence-electron chi connectivity index (χ1n) is 8.49. The van der Waals surface area contributed by atoms with Gasteiger partial charge in [-0.05, 0) is 0 Å². The van der Waals surface area contributed by atoms with E-state index in [2.05, 4.69) is 9.97 Å². The second-order valence-corrected chi connectivity index (χ2v) is 6.62.